The summed E-state index contributed by atoms with van der Waals surface area (Å²) in [4.78, 5) is 0. The van der Waals surface area contributed by atoms with E-state index in [9.17, 15) is 17.6 Å². The monoisotopic (exact) mass is 484 g/mol. The normalized spacial score (nSPS) is 18.5. The molecule has 0 saturated heterocycles. The molecule has 1 aliphatic rings. The van der Waals surface area contributed by atoms with Crippen LogP contribution in [-0.2, 0) is 6.11 Å². The van der Waals surface area contributed by atoms with Crippen LogP contribution in [0.5, 0.6) is 5.75 Å². The first-order valence-electron chi connectivity index (χ1n) is 12.4. The molecule has 186 valence electrons. The minimum absolute atomic E-state index is 0.154. The van der Waals surface area contributed by atoms with Crippen molar-refractivity contribution in [3.05, 3.63) is 88.5 Å². The summed E-state index contributed by atoms with van der Waals surface area (Å²) in [5.41, 5.74) is 2.33. The molecule has 5 heteroatoms. The van der Waals surface area contributed by atoms with Crippen molar-refractivity contribution in [3.63, 3.8) is 0 Å². The summed E-state index contributed by atoms with van der Waals surface area (Å²) >= 11 is 0. The van der Waals surface area contributed by atoms with Crippen LogP contribution in [0.2, 0.25) is 0 Å². The van der Waals surface area contributed by atoms with E-state index in [1.807, 2.05) is 12.1 Å². The van der Waals surface area contributed by atoms with Gasteiger partial charge in [0.15, 0.2) is 0 Å². The lowest BCUT2D eigenvalue weighted by atomic mass is 9.77. The third kappa shape index (κ3) is 5.55. The van der Waals surface area contributed by atoms with Crippen molar-refractivity contribution in [2.45, 2.75) is 71.3 Å². The fourth-order valence-electron chi connectivity index (χ4n) is 5.13. The molecule has 4 rings (SSSR count). The molecule has 0 bridgehead atoms. The smallest absolute Gasteiger partial charge is 0.426 e. The van der Waals surface area contributed by atoms with Crippen LogP contribution >= 0.6 is 0 Å². The van der Waals surface area contributed by atoms with Gasteiger partial charge < -0.3 is 4.74 Å². The highest BCUT2D eigenvalue weighted by molar-refractivity contribution is 5.64. The predicted octanol–water partition coefficient (Wildman–Crippen LogP) is 9.45. The average molecular weight is 485 g/mol. The van der Waals surface area contributed by atoms with Gasteiger partial charge in [0.2, 0.25) is 0 Å². The van der Waals surface area contributed by atoms with Gasteiger partial charge in [-0.25, -0.2) is 8.78 Å². The first kappa shape index (κ1) is 25.3. The van der Waals surface area contributed by atoms with Gasteiger partial charge in [0.05, 0.1) is 5.56 Å². The molecule has 0 amide bonds. The van der Waals surface area contributed by atoms with Gasteiger partial charge in [0.1, 0.15) is 17.4 Å². The highest BCUT2D eigenvalue weighted by Crippen LogP contribution is 2.39. The molecule has 1 nitrogen and oxygen atoms in total. The van der Waals surface area contributed by atoms with E-state index >= 15 is 0 Å². The van der Waals surface area contributed by atoms with Crippen molar-refractivity contribution in [1.82, 2.24) is 0 Å². The molecular formula is C30H32F4O. The van der Waals surface area contributed by atoms with Crippen LogP contribution in [0.4, 0.5) is 17.6 Å². The predicted molar refractivity (Wildman–Crippen MR) is 132 cm³/mol. The third-order valence-corrected chi connectivity index (χ3v) is 7.36. The second-order valence-electron chi connectivity index (χ2n) is 9.75. The lowest BCUT2D eigenvalue weighted by molar-refractivity contribution is -0.185. The maximum Gasteiger partial charge on any atom is 0.426 e. The Kier molecular flexibility index (Phi) is 7.53. The summed E-state index contributed by atoms with van der Waals surface area (Å²) in [6.07, 6.45) is 3.87. The Morgan fingerprint density at radius 1 is 0.829 bits per heavy atom. The number of ether oxygens (including phenoxy) is 1. The molecular weight excluding hydrogens is 452 g/mol. The number of hydrogen-bond donors (Lipinski definition) is 0. The van der Waals surface area contributed by atoms with E-state index in [0.717, 1.165) is 23.1 Å². The zero-order valence-corrected chi connectivity index (χ0v) is 20.5. The van der Waals surface area contributed by atoms with Crippen LogP contribution in [0.15, 0.2) is 54.6 Å². The molecule has 0 radical (unpaired) electrons. The van der Waals surface area contributed by atoms with Crippen molar-refractivity contribution in [2.24, 2.45) is 5.92 Å². The Hall–Kier alpha value is -2.82. The molecule has 0 unspecified atom stereocenters. The Labute approximate surface area is 205 Å². The number of alkyl halides is 2. The zero-order chi connectivity index (χ0) is 25.2. The van der Waals surface area contributed by atoms with Crippen LogP contribution < -0.4 is 4.74 Å². The van der Waals surface area contributed by atoms with Crippen molar-refractivity contribution in [2.75, 3.05) is 0 Å². The van der Waals surface area contributed by atoms with Crippen LogP contribution in [-0.4, -0.2) is 0 Å². The van der Waals surface area contributed by atoms with Gasteiger partial charge in [-0.05, 0) is 80.2 Å². The van der Waals surface area contributed by atoms with E-state index in [-0.39, 0.29) is 16.7 Å². The molecule has 3 aromatic rings. The Bertz CT molecular complexity index is 1140. The molecule has 0 spiro atoms. The van der Waals surface area contributed by atoms with Crippen molar-refractivity contribution in [3.8, 4) is 16.9 Å². The minimum Gasteiger partial charge on any atom is -0.428 e. The second-order valence-corrected chi connectivity index (χ2v) is 9.75. The van der Waals surface area contributed by atoms with Crippen molar-refractivity contribution >= 4 is 0 Å². The SMILES string of the molecule is CCCC1CCC(c2ccc(-c3ccc(C(F)(F)Oc4cc(F)c(C)c(F)c4C)cc3)cc2)CC1. The largest absolute Gasteiger partial charge is 0.428 e. The van der Waals surface area contributed by atoms with E-state index in [4.69, 9.17) is 4.74 Å². The van der Waals surface area contributed by atoms with Crippen molar-refractivity contribution < 1.29 is 22.3 Å². The Morgan fingerprint density at radius 3 is 1.97 bits per heavy atom. The van der Waals surface area contributed by atoms with E-state index < -0.39 is 23.5 Å². The summed E-state index contributed by atoms with van der Waals surface area (Å²) in [7, 11) is 0. The minimum atomic E-state index is -3.74. The number of benzene rings is 3. The summed E-state index contributed by atoms with van der Waals surface area (Å²) in [6, 6.07) is 15.0. The Morgan fingerprint density at radius 2 is 1.40 bits per heavy atom. The van der Waals surface area contributed by atoms with Crippen LogP contribution in [0.1, 0.15) is 73.6 Å². The third-order valence-electron chi connectivity index (χ3n) is 7.36. The van der Waals surface area contributed by atoms with Crippen LogP contribution in [0.3, 0.4) is 0 Å². The molecule has 3 aromatic carbocycles. The standard InChI is InChI=1S/C30H32F4O/c1-4-5-21-6-8-22(9-7-21)23-10-12-24(13-11-23)25-14-16-26(17-15-25)30(33,34)35-28-18-27(31)19(2)29(32)20(28)3/h10-18,21-22H,4-9H2,1-3H3. The van der Waals surface area contributed by atoms with Gasteiger partial charge in [0, 0.05) is 17.2 Å². The second kappa shape index (κ2) is 10.4. The molecule has 0 N–H and O–H groups in total. The molecule has 0 atom stereocenters. The lowest BCUT2D eigenvalue weighted by Crippen LogP contribution is -2.22. The van der Waals surface area contributed by atoms with Gasteiger partial charge in [-0.1, -0.05) is 56.2 Å². The molecule has 1 aliphatic carbocycles. The summed E-state index contributed by atoms with van der Waals surface area (Å²) in [6.45, 7) is 4.79. The van der Waals surface area contributed by atoms with Crippen LogP contribution in [0.25, 0.3) is 11.1 Å². The lowest BCUT2D eigenvalue weighted by Gasteiger charge is -2.28. The quantitative estimate of drug-likeness (QED) is 0.304. The average Bonchev–Trinajstić information content (AvgIpc) is 2.87. The van der Waals surface area contributed by atoms with E-state index in [1.54, 1.807) is 12.1 Å². The van der Waals surface area contributed by atoms with Gasteiger partial charge in [-0.15, -0.1) is 0 Å². The zero-order valence-electron chi connectivity index (χ0n) is 20.5. The fourth-order valence-corrected chi connectivity index (χ4v) is 5.13. The van der Waals surface area contributed by atoms with E-state index in [0.29, 0.717) is 5.92 Å². The molecule has 0 aliphatic heterocycles. The fraction of sp³-hybridized carbons (Fsp3) is 0.400. The molecule has 1 fully saturated rings. The molecule has 1 saturated carbocycles. The highest BCUT2D eigenvalue weighted by Gasteiger charge is 2.35. The Balaban J connectivity index is 1.45. The van der Waals surface area contributed by atoms with Gasteiger partial charge in [-0.3, -0.25) is 0 Å². The first-order chi connectivity index (χ1) is 16.7. The maximum absolute atomic E-state index is 14.8. The summed E-state index contributed by atoms with van der Waals surface area (Å²) in [5, 5.41) is 0. The summed E-state index contributed by atoms with van der Waals surface area (Å²) in [5.74, 6) is -0.867. The van der Waals surface area contributed by atoms with Gasteiger partial charge in [0.25, 0.3) is 0 Å². The van der Waals surface area contributed by atoms with Gasteiger partial charge in [-0.2, -0.15) is 8.78 Å². The van der Waals surface area contributed by atoms with Gasteiger partial charge >= 0.3 is 6.11 Å². The number of rotatable bonds is 7. The topological polar surface area (TPSA) is 9.23 Å². The van der Waals surface area contributed by atoms with E-state index in [1.165, 1.54) is 70.1 Å². The molecule has 35 heavy (non-hydrogen) atoms. The highest BCUT2D eigenvalue weighted by atomic mass is 19.3. The molecule has 0 aromatic heterocycles. The summed E-state index contributed by atoms with van der Waals surface area (Å²) < 4.78 is 62.3. The van der Waals surface area contributed by atoms with Crippen molar-refractivity contribution in [1.29, 1.82) is 0 Å². The number of hydrogen-bond acceptors (Lipinski definition) is 1. The van der Waals surface area contributed by atoms with Crippen LogP contribution in [0, 0.1) is 31.4 Å². The van der Waals surface area contributed by atoms with E-state index in [2.05, 4.69) is 19.1 Å². The first-order valence-corrected chi connectivity index (χ1v) is 12.4. The number of halogens is 4. The molecule has 0 heterocycles. The maximum atomic E-state index is 14.8.